The molecule has 0 aliphatic heterocycles. The number of halogens is 1. The highest BCUT2D eigenvalue weighted by Crippen LogP contribution is 2.28. The molecule has 0 saturated carbocycles. The summed E-state index contributed by atoms with van der Waals surface area (Å²) in [5.74, 6) is 0.868. The smallest absolute Gasteiger partial charge is 0.267 e. The van der Waals surface area contributed by atoms with Gasteiger partial charge in [-0.25, -0.2) is 4.39 Å². The van der Waals surface area contributed by atoms with Crippen LogP contribution >= 0.6 is 11.3 Å². The van der Waals surface area contributed by atoms with Gasteiger partial charge in [0, 0.05) is 17.5 Å². The van der Waals surface area contributed by atoms with Gasteiger partial charge in [-0.1, -0.05) is 24.3 Å². The Balaban J connectivity index is 1.49. The summed E-state index contributed by atoms with van der Waals surface area (Å²) in [6.07, 6.45) is 0.647. The van der Waals surface area contributed by atoms with Gasteiger partial charge in [0.2, 0.25) is 0 Å². The first-order chi connectivity index (χ1) is 15.1. The van der Waals surface area contributed by atoms with Crippen molar-refractivity contribution in [2.75, 3.05) is 20.8 Å². The van der Waals surface area contributed by atoms with E-state index in [4.69, 9.17) is 9.47 Å². The van der Waals surface area contributed by atoms with Crippen LogP contribution in [0.2, 0.25) is 0 Å². The van der Waals surface area contributed by atoms with Crippen LogP contribution in [0.1, 0.15) is 21.6 Å². The molecule has 5 nitrogen and oxygen atoms in total. The number of amides is 1. The van der Waals surface area contributed by atoms with Crippen molar-refractivity contribution in [3.05, 3.63) is 82.6 Å². The van der Waals surface area contributed by atoms with Crippen LogP contribution in [0.3, 0.4) is 0 Å². The highest BCUT2D eigenvalue weighted by atomic mass is 32.1. The average molecular weight is 439 g/mol. The van der Waals surface area contributed by atoms with E-state index in [0.29, 0.717) is 42.3 Å². The Hall–Kier alpha value is -3.32. The Morgan fingerprint density at radius 2 is 1.87 bits per heavy atom. The Morgan fingerprint density at radius 1 is 1.06 bits per heavy atom. The van der Waals surface area contributed by atoms with Gasteiger partial charge in [-0.2, -0.15) is 0 Å². The van der Waals surface area contributed by atoms with Crippen LogP contribution < -0.4 is 14.8 Å². The lowest BCUT2D eigenvalue weighted by atomic mass is 10.1. The second kappa shape index (κ2) is 9.22. The number of hydrogen-bond acceptors (Lipinski definition) is 4. The van der Waals surface area contributed by atoms with Crippen LogP contribution in [0.15, 0.2) is 60.0 Å². The van der Waals surface area contributed by atoms with Crippen molar-refractivity contribution < 1.29 is 18.7 Å². The fourth-order valence-corrected chi connectivity index (χ4v) is 4.46. The van der Waals surface area contributed by atoms with Crippen LogP contribution in [-0.2, 0) is 13.0 Å². The molecule has 1 amide bonds. The molecule has 4 aromatic rings. The second-order valence-corrected chi connectivity index (χ2v) is 7.98. The number of nitrogens with one attached hydrogen (secondary N) is 1. The molecular weight excluding hydrogens is 415 g/mol. The molecule has 0 atom stereocenters. The number of nitrogens with zero attached hydrogens (tertiary/aromatic N) is 1. The number of hydrogen-bond donors (Lipinski definition) is 1. The minimum atomic E-state index is -0.277. The second-order valence-electron chi connectivity index (χ2n) is 7.08. The number of rotatable bonds is 8. The summed E-state index contributed by atoms with van der Waals surface area (Å²) < 4.78 is 26.7. The van der Waals surface area contributed by atoms with Gasteiger partial charge in [-0.15, -0.1) is 11.3 Å². The topological polar surface area (TPSA) is 52.5 Å². The first-order valence-corrected chi connectivity index (χ1v) is 10.8. The first-order valence-electron chi connectivity index (χ1n) is 9.90. The van der Waals surface area contributed by atoms with Crippen LogP contribution in [0.4, 0.5) is 4.39 Å². The maximum atomic E-state index is 14.2. The fourth-order valence-electron chi connectivity index (χ4n) is 3.56. The lowest BCUT2D eigenvalue weighted by Gasteiger charge is -2.12. The van der Waals surface area contributed by atoms with Crippen molar-refractivity contribution in [3.8, 4) is 11.5 Å². The molecule has 2 aromatic carbocycles. The largest absolute Gasteiger partial charge is 0.493 e. The normalized spacial score (nSPS) is 10.9. The van der Waals surface area contributed by atoms with Crippen molar-refractivity contribution in [3.63, 3.8) is 0 Å². The molecule has 0 saturated heterocycles. The molecule has 7 heteroatoms. The van der Waals surface area contributed by atoms with Crippen molar-refractivity contribution in [1.29, 1.82) is 0 Å². The van der Waals surface area contributed by atoms with Gasteiger partial charge in [0.25, 0.3) is 5.91 Å². The summed E-state index contributed by atoms with van der Waals surface area (Å²) in [5, 5.41) is 5.94. The monoisotopic (exact) mass is 438 g/mol. The molecule has 0 aliphatic rings. The van der Waals surface area contributed by atoms with Gasteiger partial charge in [-0.05, 0) is 47.7 Å². The molecule has 4 rings (SSSR count). The van der Waals surface area contributed by atoms with Crippen LogP contribution in [-0.4, -0.2) is 31.2 Å². The summed E-state index contributed by atoms with van der Waals surface area (Å²) in [6.45, 7) is 0.766. The van der Waals surface area contributed by atoms with E-state index in [1.165, 1.54) is 6.07 Å². The van der Waals surface area contributed by atoms with Crippen LogP contribution in [0.25, 0.3) is 10.2 Å². The van der Waals surface area contributed by atoms with Gasteiger partial charge >= 0.3 is 0 Å². The number of benzene rings is 2. The predicted octanol–water partition coefficient (Wildman–Crippen LogP) is 4.88. The summed E-state index contributed by atoms with van der Waals surface area (Å²) in [6, 6.07) is 16.2. The van der Waals surface area contributed by atoms with E-state index in [2.05, 4.69) is 5.32 Å². The Bertz CT molecular complexity index is 1210. The lowest BCUT2D eigenvalue weighted by molar-refractivity contribution is 0.0945. The molecule has 0 unspecified atom stereocenters. The maximum Gasteiger partial charge on any atom is 0.267 e. The Kier molecular flexibility index (Phi) is 6.23. The van der Waals surface area contributed by atoms with Crippen molar-refractivity contribution in [2.45, 2.75) is 13.0 Å². The third kappa shape index (κ3) is 4.41. The van der Waals surface area contributed by atoms with Gasteiger partial charge in [0.15, 0.2) is 11.5 Å². The zero-order chi connectivity index (χ0) is 21.8. The summed E-state index contributed by atoms with van der Waals surface area (Å²) in [7, 11) is 3.19. The average Bonchev–Trinajstić information content (AvgIpc) is 3.37. The molecular formula is C24H23FN2O3S. The number of carbonyl (C=O) groups is 1. The Labute approximate surface area is 184 Å². The number of fused-ring (bicyclic) bond motifs is 1. The molecule has 0 aliphatic carbocycles. The molecule has 2 heterocycles. The number of aromatic nitrogens is 1. The number of ether oxygens (including phenoxy) is 2. The van der Waals surface area contributed by atoms with Crippen molar-refractivity contribution >= 4 is 27.5 Å². The van der Waals surface area contributed by atoms with E-state index in [0.717, 1.165) is 15.8 Å². The van der Waals surface area contributed by atoms with E-state index in [-0.39, 0.29) is 11.7 Å². The van der Waals surface area contributed by atoms with Crippen LogP contribution in [0, 0.1) is 5.82 Å². The lowest BCUT2D eigenvalue weighted by Crippen LogP contribution is -2.28. The molecule has 0 radical (unpaired) electrons. The molecule has 1 N–H and O–H groups in total. The van der Waals surface area contributed by atoms with Gasteiger partial charge in [-0.3, -0.25) is 4.79 Å². The van der Waals surface area contributed by atoms with E-state index in [1.54, 1.807) is 43.8 Å². The van der Waals surface area contributed by atoms with E-state index >= 15 is 0 Å². The van der Waals surface area contributed by atoms with Gasteiger partial charge in [0.05, 0.1) is 20.8 Å². The number of methoxy groups -OCH3 is 2. The van der Waals surface area contributed by atoms with E-state index < -0.39 is 0 Å². The zero-order valence-electron chi connectivity index (χ0n) is 17.4. The predicted molar refractivity (Wildman–Crippen MR) is 121 cm³/mol. The van der Waals surface area contributed by atoms with E-state index in [1.807, 2.05) is 40.3 Å². The Morgan fingerprint density at radius 3 is 2.65 bits per heavy atom. The SMILES string of the molecule is COc1ccc(CCNC(=O)c2cc3ccsc3n2Cc2ccccc2F)cc1OC. The molecule has 0 spiro atoms. The molecule has 0 bridgehead atoms. The standard InChI is InChI=1S/C24H23FN2O3S/c1-29-21-8-7-16(13-22(21)30-2)9-11-26-23(28)20-14-17-10-12-31-24(17)27(20)15-18-5-3-4-6-19(18)25/h3-8,10,12-14H,9,11,15H2,1-2H3,(H,26,28). The first kappa shape index (κ1) is 20.9. The maximum absolute atomic E-state index is 14.2. The van der Waals surface area contributed by atoms with Crippen molar-refractivity contribution in [1.82, 2.24) is 9.88 Å². The summed E-state index contributed by atoms with van der Waals surface area (Å²) in [5.41, 5.74) is 2.10. The van der Waals surface area contributed by atoms with Crippen LogP contribution in [0.5, 0.6) is 11.5 Å². The minimum absolute atomic E-state index is 0.180. The molecule has 0 fully saturated rings. The molecule has 160 valence electrons. The van der Waals surface area contributed by atoms with E-state index in [9.17, 15) is 9.18 Å². The zero-order valence-corrected chi connectivity index (χ0v) is 18.2. The highest BCUT2D eigenvalue weighted by Gasteiger charge is 2.17. The third-order valence-corrected chi connectivity index (χ3v) is 6.12. The van der Waals surface area contributed by atoms with Gasteiger partial charge in [0.1, 0.15) is 16.3 Å². The third-order valence-electron chi connectivity index (χ3n) is 5.17. The van der Waals surface area contributed by atoms with Crippen molar-refractivity contribution in [2.24, 2.45) is 0 Å². The molecule has 2 aromatic heterocycles. The summed E-state index contributed by atoms with van der Waals surface area (Å²) >= 11 is 1.54. The van der Waals surface area contributed by atoms with Gasteiger partial charge < -0.3 is 19.4 Å². The molecule has 31 heavy (non-hydrogen) atoms. The highest BCUT2D eigenvalue weighted by molar-refractivity contribution is 7.16. The number of carbonyl (C=O) groups excluding carboxylic acids is 1. The number of thiophene rings is 1. The fraction of sp³-hybridized carbons (Fsp3) is 0.208. The minimum Gasteiger partial charge on any atom is -0.493 e. The summed E-state index contributed by atoms with van der Waals surface area (Å²) in [4.78, 5) is 13.9. The quantitative estimate of drug-likeness (QED) is 0.427.